The van der Waals surface area contributed by atoms with Gasteiger partial charge in [0.2, 0.25) is 0 Å². The molecule has 0 amide bonds. The summed E-state index contributed by atoms with van der Waals surface area (Å²) in [6.07, 6.45) is 0.361. The van der Waals surface area contributed by atoms with E-state index in [1.807, 2.05) is 24.3 Å². The van der Waals surface area contributed by atoms with E-state index in [-0.39, 0.29) is 6.17 Å². The van der Waals surface area contributed by atoms with Gasteiger partial charge in [-0.25, -0.2) is 0 Å². The van der Waals surface area contributed by atoms with Crippen LogP contribution < -0.4 is 10.3 Å². The fraction of sp³-hybridized carbons (Fsp3) is 0.250. The predicted molar refractivity (Wildman–Crippen MR) is 46.8 cm³/mol. The van der Waals surface area contributed by atoms with Crippen LogP contribution in [0.1, 0.15) is 5.56 Å². The quantitative estimate of drug-likeness (QED) is 0.402. The maximum Gasteiger partial charge on any atom is 0.150 e. The average molecular weight is 176 g/mol. The lowest BCUT2D eigenvalue weighted by molar-refractivity contribution is 0.137. The summed E-state index contributed by atoms with van der Waals surface area (Å²) in [6, 6.07) is 7.65. The standard InChI is InChI=1S/C8H8N4O/c9-12-10-8-5-6-3-1-2-4-7(6)13-11-8/h1-4,8,11H,5H2. The van der Waals surface area contributed by atoms with E-state index in [4.69, 9.17) is 10.4 Å². The van der Waals surface area contributed by atoms with Crippen molar-refractivity contribution >= 4 is 0 Å². The van der Waals surface area contributed by atoms with E-state index >= 15 is 0 Å². The lowest BCUT2D eigenvalue weighted by atomic mass is 10.1. The van der Waals surface area contributed by atoms with Crippen LogP contribution in [0.4, 0.5) is 0 Å². The third kappa shape index (κ3) is 1.56. The molecule has 1 aliphatic heterocycles. The predicted octanol–water partition coefficient (Wildman–Crippen LogP) is 1.76. The zero-order valence-corrected chi connectivity index (χ0v) is 6.84. The molecule has 1 N–H and O–H groups in total. The van der Waals surface area contributed by atoms with Gasteiger partial charge in [-0.05, 0) is 17.2 Å². The number of nitrogens with one attached hydrogen (secondary N) is 1. The maximum atomic E-state index is 8.23. The molecule has 1 heterocycles. The van der Waals surface area contributed by atoms with Gasteiger partial charge in [-0.3, -0.25) is 0 Å². The van der Waals surface area contributed by atoms with E-state index in [0.717, 1.165) is 11.3 Å². The monoisotopic (exact) mass is 176 g/mol. The van der Waals surface area contributed by atoms with E-state index in [1.54, 1.807) is 0 Å². The van der Waals surface area contributed by atoms with Crippen LogP contribution in [0.3, 0.4) is 0 Å². The van der Waals surface area contributed by atoms with Crippen molar-refractivity contribution < 1.29 is 4.84 Å². The average Bonchev–Trinajstić information content (AvgIpc) is 2.18. The molecule has 1 atom stereocenters. The third-order valence-corrected chi connectivity index (χ3v) is 1.88. The van der Waals surface area contributed by atoms with Crippen molar-refractivity contribution in [1.29, 1.82) is 0 Å². The van der Waals surface area contributed by atoms with Crippen molar-refractivity contribution in [2.24, 2.45) is 5.11 Å². The highest BCUT2D eigenvalue weighted by Crippen LogP contribution is 2.22. The van der Waals surface area contributed by atoms with Crippen LogP contribution in [-0.2, 0) is 6.42 Å². The Bertz CT molecular complexity index is 359. The summed E-state index contributed by atoms with van der Waals surface area (Å²) in [6.45, 7) is 0. The molecule has 1 aromatic carbocycles. The molecule has 0 spiro atoms. The highest BCUT2D eigenvalue weighted by atomic mass is 16.7. The Labute approximate surface area is 74.9 Å². The van der Waals surface area contributed by atoms with E-state index in [2.05, 4.69) is 15.5 Å². The lowest BCUT2D eigenvalue weighted by Crippen LogP contribution is -2.36. The van der Waals surface area contributed by atoms with Crippen molar-refractivity contribution in [2.45, 2.75) is 12.6 Å². The largest absolute Gasteiger partial charge is 0.408 e. The molecule has 5 heteroatoms. The van der Waals surface area contributed by atoms with Gasteiger partial charge in [0.25, 0.3) is 0 Å². The first kappa shape index (κ1) is 7.91. The Hall–Kier alpha value is -1.71. The molecule has 1 unspecified atom stereocenters. The number of hydrogen-bond acceptors (Lipinski definition) is 3. The minimum Gasteiger partial charge on any atom is -0.408 e. The molecule has 2 rings (SSSR count). The number of hydroxylamine groups is 1. The highest BCUT2D eigenvalue weighted by Gasteiger charge is 2.17. The summed E-state index contributed by atoms with van der Waals surface area (Å²) >= 11 is 0. The van der Waals surface area contributed by atoms with Crippen molar-refractivity contribution in [2.75, 3.05) is 0 Å². The Balaban J connectivity index is 2.24. The summed E-state index contributed by atoms with van der Waals surface area (Å²) in [5, 5.41) is 3.53. The molecule has 0 bridgehead atoms. The van der Waals surface area contributed by atoms with Gasteiger partial charge in [-0.15, -0.1) is 5.48 Å². The minimum absolute atomic E-state index is 0.306. The zero-order valence-electron chi connectivity index (χ0n) is 6.84. The first-order valence-electron chi connectivity index (χ1n) is 3.94. The number of hydrogen-bond donors (Lipinski definition) is 1. The van der Waals surface area contributed by atoms with Gasteiger partial charge < -0.3 is 4.84 Å². The summed E-state index contributed by atoms with van der Waals surface area (Å²) in [5.74, 6) is 0.798. The molecule has 1 aromatic rings. The molecule has 5 nitrogen and oxygen atoms in total. The molecule has 0 saturated carbocycles. The molecule has 66 valence electrons. The fourth-order valence-corrected chi connectivity index (χ4v) is 1.28. The van der Waals surface area contributed by atoms with E-state index in [0.29, 0.717) is 6.42 Å². The smallest absolute Gasteiger partial charge is 0.150 e. The van der Waals surface area contributed by atoms with Crippen LogP contribution in [0.25, 0.3) is 10.4 Å². The van der Waals surface area contributed by atoms with Crippen LogP contribution in [0, 0.1) is 0 Å². The number of benzene rings is 1. The van der Waals surface area contributed by atoms with E-state index < -0.39 is 0 Å². The van der Waals surface area contributed by atoms with Crippen LogP contribution in [0.15, 0.2) is 29.4 Å². The number of rotatable bonds is 1. The van der Waals surface area contributed by atoms with E-state index in [1.165, 1.54) is 0 Å². The zero-order chi connectivity index (χ0) is 9.10. The van der Waals surface area contributed by atoms with Gasteiger partial charge >= 0.3 is 0 Å². The number of nitrogens with zero attached hydrogens (tertiary/aromatic N) is 3. The molecular weight excluding hydrogens is 168 g/mol. The summed E-state index contributed by atoms with van der Waals surface area (Å²) in [4.78, 5) is 7.89. The van der Waals surface area contributed by atoms with Crippen LogP contribution >= 0.6 is 0 Å². The van der Waals surface area contributed by atoms with Crippen molar-refractivity contribution in [3.05, 3.63) is 40.3 Å². The molecule has 0 saturated heterocycles. The first-order valence-corrected chi connectivity index (χ1v) is 3.94. The van der Waals surface area contributed by atoms with Crippen LogP contribution in [0.2, 0.25) is 0 Å². The maximum absolute atomic E-state index is 8.23. The highest BCUT2D eigenvalue weighted by molar-refractivity contribution is 5.34. The second kappa shape index (κ2) is 3.35. The summed E-state index contributed by atoms with van der Waals surface area (Å²) in [5.41, 5.74) is 11.9. The van der Waals surface area contributed by atoms with E-state index in [9.17, 15) is 0 Å². The number of para-hydroxylation sites is 1. The Morgan fingerprint density at radius 2 is 2.38 bits per heavy atom. The molecule has 0 radical (unpaired) electrons. The Kier molecular flexibility index (Phi) is 2.04. The molecule has 0 aliphatic carbocycles. The SMILES string of the molecule is [N-]=[N+]=NC1Cc2ccccc2ON1. The van der Waals surface area contributed by atoms with Crippen LogP contribution in [0.5, 0.6) is 5.75 Å². The van der Waals surface area contributed by atoms with Gasteiger partial charge in [0.15, 0.2) is 0 Å². The van der Waals surface area contributed by atoms with Gasteiger partial charge in [-0.1, -0.05) is 23.3 Å². The van der Waals surface area contributed by atoms with Gasteiger partial charge in [0, 0.05) is 11.3 Å². The third-order valence-electron chi connectivity index (χ3n) is 1.88. The van der Waals surface area contributed by atoms with Gasteiger partial charge in [0.1, 0.15) is 11.9 Å². The first-order chi connectivity index (χ1) is 6.40. The summed E-state index contributed by atoms with van der Waals surface area (Å²) < 4.78 is 0. The summed E-state index contributed by atoms with van der Waals surface area (Å²) in [7, 11) is 0. The molecule has 0 aromatic heterocycles. The molecular formula is C8H8N4O. The molecule has 13 heavy (non-hydrogen) atoms. The van der Waals surface area contributed by atoms with Crippen molar-refractivity contribution in [3.8, 4) is 5.75 Å². The Morgan fingerprint density at radius 1 is 1.54 bits per heavy atom. The van der Waals surface area contributed by atoms with Gasteiger partial charge in [0.05, 0.1) is 0 Å². The number of azide groups is 1. The normalized spacial score (nSPS) is 19.5. The molecule has 1 aliphatic rings. The number of fused-ring (bicyclic) bond motifs is 1. The minimum atomic E-state index is -0.306. The Morgan fingerprint density at radius 3 is 3.23 bits per heavy atom. The van der Waals surface area contributed by atoms with Gasteiger partial charge in [-0.2, -0.15) is 0 Å². The lowest BCUT2D eigenvalue weighted by Gasteiger charge is -2.21. The second-order valence-electron chi connectivity index (χ2n) is 2.75. The van der Waals surface area contributed by atoms with Crippen molar-refractivity contribution in [1.82, 2.24) is 5.48 Å². The fourth-order valence-electron chi connectivity index (χ4n) is 1.28. The van der Waals surface area contributed by atoms with Crippen molar-refractivity contribution in [3.63, 3.8) is 0 Å². The molecule has 0 fully saturated rings. The van der Waals surface area contributed by atoms with Crippen LogP contribution in [-0.4, -0.2) is 6.17 Å². The second-order valence-corrected chi connectivity index (χ2v) is 2.75. The topological polar surface area (TPSA) is 70.0 Å².